The van der Waals surface area contributed by atoms with Crippen LogP contribution in [0, 0.1) is 5.92 Å². The van der Waals surface area contributed by atoms with Crippen LogP contribution in [0.2, 0.25) is 0 Å². The third-order valence-corrected chi connectivity index (χ3v) is 4.38. The summed E-state index contributed by atoms with van der Waals surface area (Å²) in [7, 11) is 0. The number of carboxylic acid groups (broad SMARTS) is 1. The summed E-state index contributed by atoms with van der Waals surface area (Å²) in [6, 6.07) is 0.915. The molecule has 1 fully saturated rings. The first-order valence-electron chi connectivity index (χ1n) is 6.70. The standard InChI is InChI=1S/C13H25NO2S/c1-3-17-8-7-10(2)14-12-6-4-5-11(9-12)13(15)16/h10-12,14H,3-9H2,1-2H3,(H,15,16). The third kappa shape index (κ3) is 5.77. The first-order chi connectivity index (χ1) is 8.13. The van der Waals surface area contributed by atoms with Crippen molar-refractivity contribution >= 4 is 17.7 Å². The minimum atomic E-state index is -0.620. The van der Waals surface area contributed by atoms with Crippen LogP contribution in [0.4, 0.5) is 0 Å². The molecule has 0 spiro atoms. The lowest BCUT2D eigenvalue weighted by Gasteiger charge is -2.30. The van der Waals surface area contributed by atoms with Gasteiger partial charge in [0.05, 0.1) is 5.92 Å². The summed E-state index contributed by atoms with van der Waals surface area (Å²) >= 11 is 1.97. The van der Waals surface area contributed by atoms with Crippen molar-refractivity contribution in [3.05, 3.63) is 0 Å². The van der Waals surface area contributed by atoms with Crippen LogP contribution in [0.3, 0.4) is 0 Å². The summed E-state index contributed by atoms with van der Waals surface area (Å²) in [6.07, 6.45) is 5.01. The molecule has 4 heteroatoms. The maximum Gasteiger partial charge on any atom is 0.306 e. The molecule has 3 unspecified atom stereocenters. The van der Waals surface area contributed by atoms with Crippen LogP contribution >= 0.6 is 11.8 Å². The molecule has 1 saturated carbocycles. The number of rotatable bonds is 7. The molecule has 0 heterocycles. The monoisotopic (exact) mass is 259 g/mol. The van der Waals surface area contributed by atoms with E-state index in [2.05, 4.69) is 19.2 Å². The number of thioether (sulfide) groups is 1. The summed E-state index contributed by atoms with van der Waals surface area (Å²) in [5, 5.41) is 12.6. The molecule has 17 heavy (non-hydrogen) atoms. The number of nitrogens with one attached hydrogen (secondary N) is 1. The molecular weight excluding hydrogens is 234 g/mol. The van der Waals surface area contributed by atoms with Gasteiger partial charge < -0.3 is 10.4 Å². The number of hydrogen-bond acceptors (Lipinski definition) is 3. The van der Waals surface area contributed by atoms with Crippen molar-refractivity contribution in [2.24, 2.45) is 5.92 Å². The molecular formula is C13H25NO2S. The smallest absolute Gasteiger partial charge is 0.306 e. The Morgan fingerprint density at radius 2 is 2.29 bits per heavy atom. The van der Waals surface area contributed by atoms with E-state index in [1.54, 1.807) is 0 Å². The Labute approximate surface area is 109 Å². The van der Waals surface area contributed by atoms with E-state index in [4.69, 9.17) is 5.11 Å². The minimum Gasteiger partial charge on any atom is -0.481 e. The highest BCUT2D eigenvalue weighted by molar-refractivity contribution is 7.99. The molecule has 0 bridgehead atoms. The normalized spacial score (nSPS) is 26.7. The molecule has 3 atom stereocenters. The molecule has 2 N–H and O–H groups in total. The quantitative estimate of drug-likeness (QED) is 0.690. The van der Waals surface area contributed by atoms with Crippen LogP contribution in [0.25, 0.3) is 0 Å². The zero-order chi connectivity index (χ0) is 12.7. The summed E-state index contributed by atoms with van der Waals surface area (Å²) in [5.41, 5.74) is 0. The fourth-order valence-electron chi connectivity index (χ4n) is 2.46. The highest BCUT2D eigenvalue weighted by atomic mass is 32.2. The molecule has 0 saturated heterocycles. The number of carboxylic acids is 1. The van der Waals surface area contributed by atoms with Gasteiger partial charge in [0, 0.05) is 12.1 Å². The van der Waals surface area contributed by atoms with Crippen molar-refractivity contribution in [2.45, 2.75) is 58.0 Å². The van der Waals surface area contributed by atoms with Gasteiger partial charge in [0.1, 0.15) is 0 Å². The summed E-state index contributed by atoms with van der Waals surface area (Å²) in [5.74, 6) is 1.63. The van der Waals surface area contributed by atoms with Gasteiger partial charge in [-0.2, -0.15) is 11.8 Å². The van der Waals surface area contributed by atoms with E-state index in [1.807, 2.05) is 11.8 Å². The lowest BCUT2D eigenvalue weighted by atomic mass is 9.85. The van der Waals surface area contributed by atoms with Crippen molar-refractivity contribution in [3.63, 3.8) is 0 Å². The minimum absolute atomic E-state index is 0.126. The molecule has 0 amide bonds. The van der Waals surface area contributed by atoms with Gasteiger partial charge in [-0.3, -0.25) is 4.79 Å². The van der Waals surface area contributed by atoms with Gasteiger partial charge >= 0.3 is 5.97 Å². The number of carbonyl (C=O) groups is 1. The first-order valence-corrected chi connectivity index (χ1v) is 7.85. The van der Waals surface area contributed by atoms with Crippen LogP contribution < -0.4 is 5.32 Å². The summed E-state index contributed by atoms with van der Waals surface area (Å²) in [6.45, 7) is 4.39. The Morgan fingerprint density at radius 1 is 1.53 bits per heavy atom. The molecule has 3 nitrogen and oxygen atoms in total. The highest BCUT2D eigenvalue weighted by Crippen LogP contribution is 2.25. The second kappa shape index (κ2) is 7.98. The molecule has 1 aliphatic rings. The van der Waals surface area contributed by atoms with E-state index in [-0.39, 0.29) is 5.92 Å². The van der Waals surface area contributed by atoms with E-state index in [9.17, 15) is 4.79 Å². The van der Waals surface area contributed by atoms with Crippen molar-refractivity contribution in [1.29, 1.82) is 0 Å². The maximum absolute atomic E-state index is 11.0. The Hall–Kier alpha value is -0.220. The van der Waals surface area contributed by atoms with Gasteiger partial charge in [-0.05, 0) is 44.1 Å². The lowest BCUT2D eigenvalue weighted by Crippen LogP contribution is -2.41. The fourth-order valence-corrected chi connectivity index (χ4v) is 3.26. The summed E-state index contributed by atoms with van der Waals surface area (Å²) in [4.78, 5) is 11.0. The molecule has 0 aliphatic heterocycles. The molecule has 0 radical (unpaired) electrons. The fraction of sp³-hybridized carbons (Fsp3) is 0.923. The van der Waals surface area contributed by atoms with E-state index in [0.29, 0.717) is 12.1 Å². The Kier molecular flexibility index (Phi) is 6.97. The zero-order valence-electron chi connectivity index (χ0n) is 10.9. The first kappa shape index (κ1) is 14.8. The van der Waals surface area contributed by atoms with Crippen molar-refractivity contribution in [3.8, 4) is 0 Å². The molecule has 0 aromatic heterocycles. The molecule has 1 rings (SSSR count). The van der Waals surface area contributed by atoms with E-state index in [1.165, 1.54) is 17.9 Å². The average molecular weight is 259 g/mol. The number of hydrogen-bond donors (Lipinski definition) is 2. The zero-order valence-corrected chi connectivity index (χ0v) is 11.8. The average Bonchev–Trinajstić information content (AvgIpc) is 2.29. The Balaban J connectivity index is 2.23. The van der Waals surface area contributed by atoms with Gasteiger partial charge in [-0.25, -0.2) is 0 Å². The SMILES string of the molecule is CCSCCC(C)NC1CCCC(C(=O)O)C1. The van der Waals surface area contributed by atoms with Crippen LogP contribution in [-0.2, 0) is 4.79 Å². The van der Waals surface area contributed by atoms with Gasteiger partial charge in [0.15, 0.2) is 0 Å². The molecule has 1 aliphatic carbocycles. The number of aliphatic carboxylic acids is 1. The lowest BCUT2D eigenvalue weighted by molar-refractivity contribution is -0.143. The molecule has 0 aromatic rings. The second-order valence-electron chi connectivity index (χ2n) is 4.95. The van der Waals surface area contributed by atoms with Crippen LogP contribution in [-0.4, -0.2) is 34.7 Å². The topological polar surface area (TPSA) is 49.3 Å². The molecule has 100 valence electrons. The van der Waals surface area contributed by atoms with Crippen LogP contribution in [0.5, 0.6) is 0 Å². The predicted octanol–water partition coefficient (Wildman–Crippen LogP) is 2.75. The predicted molar refractivity (Wildman–Crippen MR) is 73.6 cm³/mol. The van der Waals surface area contributed by atoms with E-state index in [0.717, 1.165) is 25.7 Å². The van der Waals surface area contributed by atoms with Crippen molar-refractivity contribution in [2.75, 3.05) is 11.5 Å². The van der Waals surface area contributed by atoms with Crippen LogP contribution in [0.1, 0.15) is 46.0 Å². The van der Waals surface area contributed by atoms with Gasteiger partial charge in [0.2, 0.25) is 0 Å². The second-order valence-corrected chi connectivity index (χ2v) is 6.35. The van der Waals surface area contributed by atoms with E-state index < -0.39 is 5.97 Å². The Morgan fingerprint density at radius 3 is 2.94 bits per heavy atom. The van der Waals surface area contributed by atoms with Crippen molar-refractivity contribution < 1.29 is 9.90 Å². The largest absolute Gasteiger partial charge is 0.481 e. The Bertz CT molecular complexity index is 235. The maximum atomic E-state index is 11.0. The van der Waals surface area contributed by atoms with Gasteiger partial charge in [-0.15, -0.1) is 0 Å². The van der Waals surface area contributed by atoms with Crippen molar-refractivity contribution in [1.82, 2.24) is 5.32 Å². The van der Waals surface area contributed by atoms with E-state index >= 15 is 0 Å². The van der Waals surface area contributed by atoms with Crippen LogP contribution in [0.15, 0.2) is 0 Å². The molecule has 0 aromatic carbocycles. The third-order valence-electron chi connectivity index (χ3n) is 3.44. The summed E-state index contributed by atoms with van der Waals surface area (Å²) < 4.78 is 0. The van der Waals surface area contributed by atoms with Gasteiger partial charge in [-0.1, -0.05) is 13.3 Å². The highest BCUT2D eigenvalue weighted by Gasteiger charge is 2.27. The van der Waals surface area contributed by atoms with Gasteiger partial charge in [0.25, 0.3) is 0 Å².